The number of carbonyl (C=O) groups is 3. The second-order valence-electron chi connectivity index (χ2n) is 11.6. The molecule has 3 aliphatic carbocycles. The predicted molar refractivity (Wildman–Crippen MR) is 132 cm³/mol. The average molecular weight is 477 g/mol. The van der Waals surface area contributed by atoms with E-state index in [0.29, 0.717) is 37.6 Å². The molecule has 2 unspecified atom stereocenters. The molecule has 3 amide bonds. The Kier molecular flexibility index (Phi) is 8.32. The van der Waals surface area contributed by atoms with E-state index in [0.717, 1.165) is 38.5 Å². The van der Waals surface area contributed by atoms with Crippen LogP contribution in [-0.4, -0.2) is 91.6 Å². The standard InChI is InChI=1S/C26H44N4O4/c1-7-34-22(31)17-27-24(33)29-13-10-28(11-14-29)12-15-30(23(32)25(2,3)4)18-19-8-9-20-16-21(19)26(20,5)6/h8,20-21H,7,9-18H2,1-6H3,(H,27,33). The molecule has 4 aliphatic rings. The van der Waals surface area contributed by atoms with Crippen LogP contribution in [0.3, 0.4) is 0 Å². The minimum atomic E-state index is -0.424. The van der Waals surface area contributed by atoms with E-state index in [-0.39, 0.29) is 18.5 Å². The van der Waals surface area contributed by atoms with Crippen LogP contribution in [-0.2, 0) is 14.3 Å². The molecule has 0 aromatic heterocycles. The number of allylic oxidation sites excluding steroid dienone is 1. The van der Waals surface area contributed by atoms with E-state index >= 15 is 0 Å². The van der Waals surface area contributed by atoms with Crippen LogP contribution in [0.15, 0.2) is 11.6 Å². The van der Waals surface area contributed by atoms with Crippen molar-refractivity contribution in [2.75, 3.05) is 59.0 Å². The first kappa shape index (κ1) is 26.5. The fourth-order valence-electron chi connectivity index (χ4n) is 5.51. The number of ether oxygens (including phenoxy) is 1. The van der Waals surface area contributed by atoms with Crippen LogP contribution in [0.2, 0.25) is 0 Å². The van der Waals surface area contributed by atoms with Gasteiger partial charge in [0.05, 0.1) is 6.61 Å². The van der Waals surface area contributed by atoms with Gasteiger partial charge in [-0.05, 0) is 37.0 Å². The Morgan fingerprint density at radius 3 is 2.41 bits per heavy atom. The average Bonchev–Trinajstić information content (AvgIpc) is 2.79. The molecular weight excluding hydrogens is 432 g/mol. The number of carbonyl (C=O) groups excluding carboxylic acids is 3. The minimum Gasteiger partial charge on any atom is -0.465 e. The van der Waals surface area contributed by atoms with Crippen molar-refractivity contribution in [1.82, 2.24) is 20.0 Å². The smallest absolute Gasteiger partial charge is 0.325 e. The van der Waals surface area contributed by atoms with Gasteiger partial charge in [-0.1, -0.05) is 46.3 Å². The number of nitrogens with zero attached hydrogens (tertiary/aromatic N) is 3. The van der Waals surface area contributed by atoms with Crippen molar-refractivity contribution < 1.29 is 19.1 Å². The molecule has 0 aromatic carbocycles. The van der Waals surface area contributed by atoms with Gasteiger partial charge in [0.25, 0.3) is 0 Å². The van der Waals surface area contributed by atoms with Crippen LogP contribution in [0.5, 0.6) is 0 Å². The van der Waals surface area contributed by atoms with Crippen LogP contribution in [0, 0.1) is 22.7 Å². The highest BCUT2D eigenvalue weighted by Crippen LogP contribution is 2.59. The first-order valence-corrected chi connectivity index (χ1v) is 12.8. The SMILES string of the molecule is CCOC(=O)CNC(=O)N1CCN(CCN(CC2=CCC3CC2C3(C)C)C(=O)C(C)(C)C)CC1. The lowest BCUT2D eigenvalue weighted by Crippen LogP contribution is -2.54. The van der Waals surface area contributed by atoms with E-state index in [4.69, 9.17) is 4.74 Å². The maximum atomic E-state index is 13.3. The van der Waals surface area contributed by atoms with Crippen molar-refractivity contribution in [1.29, 1.82) is 0 Å². The Bertz CT molecular complexity index is 793. The highest BCUT2D eigenvalue weighted by Gasteiger charge is 2.51. The summed E-state index contributed by atoms with van der Waals surface area (Å²) in [6.07, 6.45) is 4.79. The van der Waals surface area contributed by atoms with E-state index in [1.807, 2.05) is 20.8 Å². The summed E-state index contributed by atoms with van der Waals surface area (Å²) >= 11 is 0. The number of urea groups is 1. The maximum Gasteiger partial charge on any atom is 0.325 e. The quantitative estimate of drug-likeness (QED) is 0.430. The molecular formula is C26H44N4O4. The maximum absolute atomic E-state index is 13.3. The zero-order chi connectivity index (χ0) is 25.1. The Balaban J connectivity index is 1.50. The number of hydrogen-bond acceptors (Lipinski definition) is 5. The fraction of sp³-hybridized carbons (Fsp3) is 0.808. The van der Waals surface area contributed by atoms with Gasteiger partial charge in [0, 0.05) is 51.2 Å². The second-order valence-corrected chi connectivity index (χ2v) is 11.6. The zero-order valence-electron chi connectivity index (χ0n) is 22.0. The summed E-state index contributed by atoms with van der Waals surface area (Å²) in [5.41, 5.74) is 1.38. The van der Waals surface area contributed by atoms with Crippen molar-refractivity contribution in [3.63, 3.8) is 0 Å². The van der Waals surface area contributed by atoms with Gasteiger partial charge in [-0.3, -0.25) is 14.5 Å². The number of amides is 3. The van der Waals surface area contributed by atoms with Gasteiger partial charge in [0.2, 0.25) is 5.91 Å². The molecule has 2 atom stereocenters. The number of piperazine rings is 1. The molecule has 8 nitrogen and oxygen atoms in total. The summed E-state index contributed by atoms with van der Waals surface area (Å²) < 4.78 is 4.85. The van der Waals surface area contributed by atoms with E-state index in [9.17, 15) is 14.4 Å². The van der Waals surface area contributed by atoms with E-state index in [1.165, 1.54) is 12.0 Å². The number of nitrogens with one attached hydrogen (secondary N) is 1. The van der Waals surface area contributed by atoms with Crippen molar-refractivity contribution in [2.24, 2.45) is 22.7 Å². The molecule has 1 saturated carbocycles. The molecule has 2 fully saturated rings. The molecule has 1 heterocycles. The second kappa shape index (κ2) is 10.7. The summed E-state index contributed by atoms with van der Waals surface area (Å²) in [6, 6.07) is -0.233. The molecule has 8 heteroatoms. The molecule has 1 N–H and O–H groups in total. The van der Waals surface area contributed by atoms with Gasteiger partial charge in [-0.15, -0.1) is 0 Å². The van der Waals surface area contributed by atoms with Gasteiger partial charge >= 0.3 is 12.0 Å². The number of hydrogen-bond donors (Lipinski definition) is 1. The third-order valence-electron chi connectivity index (χ3n) is 7.92. The summed E-state index contributed by atoms with van der Waals surface area (Å²) in [5, 5.41) is 2.63. The summed E-state index contributed by atoms with van der Waals surface area (Å²) in [7, 11) is 0. The van der Waals surface area contributed by atoms with Crippen LogP contribution in [0.4, 0.5) is 4.79 Å². The fourth-order valence-corrected chi connectivity index (χ4v) is 5.51. The first-order valence-electron chi connectivity index (χ1n) is 12.8. The largest absolute Gasteiger partial charge is 0.465 e. The third kappa shape index (κ3) is 6.12. The molecule has 1 saturated heterocycles. The molecule has 192 valence electrons. The molecule has 0 spiro atoms. The van der Waals surface area contributed by atoms with E-state index in [1.54, 1.807) is 11.8 Å². The van der Waals surface area contributed by atoms with Crippen LogP contribution < -0.4 is 5.32 Å². The van der Waals surface area contributed by atoms with Crippen molar-refractivity contribution in [2.45, 2.75) is 54.4 Å². The molecule has 0 radical (unpaired) electrons. The van der Waals surface area contributed by atoms with Gasteiger partial charge < -0.3 is 19.9 Å². The predicted octanol–water partition coefficient (Wildman–Crippen LogP) is 2.74. The van der Waals surface area contributed by atoms with Crippen molar-refractivity contribution in [3.05, 3.63) is 11.6 Å². The topological polar surface area (TPSA) is 82.2 Å². The Morgan fingerprint density at radius 2 is 1.85 bits per heavy atom. The van der Waals surface area contributed by atoms with Gasteiger partial charge in [-0.2, -0.15) is 0 Å². The minimum absolute atomic E-state index is 0.106. The third-order valence-corrected chi connectivity index (χ3v) is 7.92. The lowest BCUT2D eigenvalue weighted by molar-refractivity contribution is -0.142. The monoisotopic (exact) mass is 476 g/mol. The Labute approximate surface area is 205 Å². The molecule has 34 heavy (non-hydrogen) atoms. The summed E-state index contributed by atoms with van der Waals surface area (Å²) in [6.45, 7) is 17.6. The van der Waals surface area contributed by atoms with Crippen LogP contribution >= 0.6 is 0 Å². The number of fused-ring (bicyclic) bond motifs is 1. The first-order chi connectivity index (χ1) is 15.9. The number of esters is 1. The zero-order valence-corrected chi connectivity index (χ0v) is 22.0. The summed E-state index contributed by atoms with van der Waals surface area (Å²) in [4.78, 5) is 43.2. The molecule has 2 bridgehead atoms. The van der Waals surface area contributed by atoms with E-state index in [2.05, 4.69) is 35.0 Å². The Morgan fingerprint density at radius 1 is 1.18 bits per heavy atom. The molecule has 1 aliphatic heterocycles. The normalized spacial score (nSPS) is 24.1. The van der Waals surface area contributed by atoms with Crippen molar-refractivity contribution >= 4 is 17.9 Å². The van der Waals surface area contributed by atoms with E-state index < -0.39 is 11.4 Å². The lowest BCUT2D eigenvalue weighted by Gasteiger charge is -2.57. The highest BCUT2D eigenvalue weighted by atomic mass is 16.5. The van der Waals surface area contributed by atoms with Crippen LogP contribution in [0.25, 0.3) is 0 Å². The van der Waals surface area contributed by atoms with Crippen LogP contribution in [0.1, 0.15) is 54.4 Å². The molecule has 0 aromatic rings. The molecule has 4 rings (SSSR count). The number of rotatable bonds is 8. The van der Waals surface area contributed by atoms with Gasteiger partial charge in [0.15, 0.2) is 0 Å². The van der Waals surface area contributed by atoms with Crippen molar-refractivity contribution in [3.8, 4) is 0 Å². The lowest BCUT2D eigenvalue weighted by atomic mass is 9.49. The Hall–Kier alpha value is -2.09. The van der Waals surface area contributed by atoms with Gasteiger partial charge in [-0.25, -0.2) is 4.79 Å². The highest BCUT2D eigenvalue weighted by molar-refractivity contribution is 5.82. The summed E-state index contributed by atoms with van der Waals surface area (Å²) in [5.74, 6) is 1.16. The van der Waals surface area contributed by atoms with Gasteiger partial charge in [0.1, 0.15) is 6.54 Å².